The van der Waals surface area contributed by atoms with Crippen molar-refractivity contribution in [2.24, 2.45) is 5.73 Å². The van der Waals surface area contributed by atoms with Crippen LogP contribution in [0, 0.1) is 13.8 Å². The number of furan rings is 1. The minimum Gasteiger partial charge on any atom is -0.488 e. The summed E-state index contributed by atoms with van der Waals surface area (Å²) in [6.45, 7) is 3.76. The number of nitrogen functional groups attached to an aromatic ring is 1. The molecule has 0 aliphatic carbocycles. The highest BCUT2D eigenvalue weighted by Crippen LogP contribution is 2.38. The molecule has 0 amide bonds. The summed E-state index contributed by atoms with van der Waals surface area (Å²) in [6, 6.07) is 9.95. The first-order chi connectivity index (χ1) is 18.1. The third-order valence-electron chi connectivity index (χ3n) is 6.24. The molecular weight excluding hydrogens is 497 g/mol. The van der Waals surface area contributed by atoms with Crippen molar-refractivity contribution < 1.29 is 22.3 Å². The molecule has 0 saturated heterocycles. The van der Waals surface area contributed by atoms with E-state index in [0.717, 1.165) is 34.3 Å². The molecular formula is C27H25F3N6O2. The second-order valence-corrected chi connectivity index (χ2v) is 9.07. The van der Waals surface area contributed by atoms with E-state index in [-0.39, 0.29) is 24.6 Å². The van der Waals surface area contributed by atoms with E-state index in [9.17, 15) is 13.2 Å². The number of aryl methyl sites for hydroxylation is 2. The highest BCUT2D eigenvalue weighted by molar-refractivity contribution is 5.89. The van der Waals surface area contributed by atoms with E-state index in [1.807, 2.05) is 19.9 Å². The first kappa shape index (κ1) is 25.3. The molecule has 5 aromatic rings. The fourth-order valence-electron chi connectivity index (χ4n) is 4.28. The fourth-order valence-corrected chi connectivity index (χ4v) is 4.28. The first-order valence-electron chi connectivity index (χ1n) is 11.8. The molecule has 11 heteroatoms. The number of H-pyrrole nitrogens is 1. The molecule has 5 N–H and O–H groups in total. The molecule has 0 aliphatic rings. The number of fused-ring (bicyclic) bond motifs is 1. The van der Waals surface area contributed by atoms with Crippen LogP contribution in [0.1, 0.15) is 22.6 Å². The summed E-state index contributed by atoms with van der Waals surface area (Å²) in [5, 5.41) is 8.09. The van der Waals surface area contributed by atoms with Crippen LogP contribution in [0.5, 0.6) is 5.75 Å². The van der Waals surface area contributed by atoms with Crippen molar-refractivity contribution in [3.8, 4) is 28.3 Å². The molecule has 38 heavy (non-hydrogen) atoms. The number of benzene rings is 1. The molecule has 196 valence electrons. The number of nitrogens with one attached hydrogen (secondary N) is 1. The molecule has 0 fully saturated rings. The SMILES string of the molecule is Cc1occc1-c1nc(N)c(OCC(N)Cc2cccc(C(F)(F)F)c2)cc1-c1cc2c(C)[nH]nc2cn1. The zero-order valence-electron chi connectivity index (χ0n) is 20.6. The van der Waals surface area contributed by atoms with Crippen molar-refractivity contribution in [2.45, 2.75) is 32.5 Å². The van der Waals surface area contributed by atoms with Crippen LogP contribution in [-0.4, -0.2) is 32.8 Å². The molecule has 0 saturated carbocycles. The Balaban J connectivity index is 1.44. The third-order valence-corrected chi connectivity index (χ3v) is 6.24. The van der Waals surface area contributed by atoms with Crippen molar-refractivity contribution in [1.29, 1.82) is 0 Å². The average Bonchev–Trinajstić information content (AvgIpc) is 3.47. The molecule has 1 unspecified atom stereocenters. The van der Waals surface area contributed by atoms with Crippen molar-refractivity contribution >= 4 is 16.7 Å². The lowest BCUT2D eigenvalue weighted by Crippen LogP contribution is -2.30. The second-order valence-electron chi connectivity index (χ2n) is 9.07. The molecule has 4 aromatic heterocycles. The van der Waals surface area contributed by atoms with Gasteiger partial charge in [-0.05, 0) is 50.1 Å². The van der Waals surface area contributed by atoms with E-state index in [1.54, 1.807) is 30.7 Å². The van der Waals surface area contributed by atoms with Crippen LogP contribution in [0.3, 0.4) is 0 Å². The standard InChI is InChI=1S/C27H25F3N6O2/c1-14-20-10-22(33-12-23(20)36-35-14)21-11-24(26(32)34-25(21)19-6-7-37-15(19)2)38-13-18(31)9-16-4-3-5-17(8-16)27(28,29)30/h3-8,10-12,18H,9,13,31H2,1-2H3,(H2,32,34)(H,35,36). The average molecular weight is 523 g/mol. The molecule has 0 spiro atoms. The first-order valence-corrected chi connectivity index (χ1v) is 11.8. The maximum Gasteiger partial charge on any atom is 0.416 e. The number of alkyl halides is 3. The predicted molar refractivity (Wildman–Crippen MR) is 137 cm³/mol. The van der Waals surface area contributed by atoms with E-state index in [4.69, 9.17) is 20.6 Å². The molecule has 0 bridgehead atoms. The Morgan fingerprint density at radius 3 is 2.66 bits per heavy atom. The van der Waals surface area contributed by atoms with Gasteiger partial charge in [0.15, 0.2) is 11.6 Å². The van der Waals surface area contributed by atoms with E-state index in [1.165, 1.54) is 6.07 Å². The lowest BCUT2D eigenvalue weighted by Gasteiger charge is -2.17. The maximum atomic E-state index is 13.1. The molecule has 0 radical (unpaired) electrons. The van der Waals surface area contributed by atoms with E-state index in [2.05, 4.69) is 20.2 Å². The van der Waals surface area contributed by atoms with E-state index in [0.29, 0.717) is 28.3 Å². The van der Waals surface area contributed by atoms with Crippen LogP contribution in [0.4, 0.5) is 19.0 Å². The molecule has 8 nitrogen and oxygen atoms in total. The van der Waals surface area contributed by atoms with Gasteiger partial charge in [0.05, 0.1) is 29.4 Å². The summed E-state index contributed by atoms with van der Waals surface area (Å²) in [5.74, 6) is 1.09. The third kappa shape index (κ3) is 5.05. The summed E-state index contributed by atoms with van der Waals surface area (Å²) < 4.78 is 50.6. The number of aromatic nitrogens is 4. The number of ether oxygens (including phenoxy) is 1. The second kappa shape index (κ2) is 9.82. The summed E-state index contributed by atoms with van der Waals surface area (Å²) >= 11 is 0. The van der Waals surface area contributed by atoms with Crippen molar-refractivity contribution in [2.75, 3.05) is 12.3 Å². The maximum absolute atomic E-state index is 13.1. The lowest BCUT2D eigenvalue weighted by atomic mass is 10.0. The Morgan fingerprint density at radius 2 is 1.92 bits per heavy atom. The van der Waals surface area contributed by atoms with Gasteiger partial charge in [-0.15, -0.1) is 0 Å². The monoisotopic (exact) mass is 522 g/mol. The number of nitrogens with zero attached hydrogens (tertiary/aromatic N) is 3. The number of aromatic amines is 1. The van der Waals surface area contributed by atoms with Gasteiger partial charge >= 0.3 is 6.18 Å². The minimum absolute atomic E-state index is 0.0128. The summed E-state index contributed by atoms with van der Waals surface area (Å²) in [4.78, 5) is 9.18. The molecule has 0 aliphatic heterocycles. The summed E-state index contributed by atoms with van der Waals surface area (Å²) in [5.41, 5.74) is 16.4. The van der Waals surface area contributed by atoms with Crippen LogP contribution in [0.2, 0.25) is 0 Å². The van der Waals surface area contributed by atoms with Gasteiger partial charge in [0.25, 0.3) is 0 Å². The number of hydrogen-bond donors (Lipinski definition) is 3. The Kier molecular flexibility index (Phi) is 6.53. The quantitative estimate of drug-likeness (QED) is 0.259. The van der Waals surface area contributed by atoms with Crippen molar-refractivity contribution in [1.82, 2.24) is 20.2 Å². The van der Waals surface area contributed by atoms with Gasteiger partial charge in [0.2, 0.25) is 0 Å². The van der Waals surface area contributed by atoms with Crippen LogP contribution < -0.4 is 16.2 Å². The molecule has 5 rings (SSSR count). The van der Waals surface area contributed by atoms with Gasteiger partial charge in [-0.2, -0.15) is 18.3 Å². The van der Waals surface area contributed by atoms with Crippen LogP contribution in [0.15, 0.2) is 59.3 Å². The Morgan fingerprint density at radius 1 is 1.11 bits per heavy atom. The Hall–Kier alpha value is -4.38. The number of pyridine rings is 2. The molecule has 1 atom stereocenters. The molecule has 1 aromatic carbocycles. The van der Waals surface area contributed by atoms with Crippen LogP contribution in [0.25, 0.3) is 33.4 Å². The van der Waals surface area contributed by atoms with Crippen molar-refractivity contribution in [3.63, 3.8) is 0 Å². The largest absolute Gasteiger partial charge is 0.488 e. The predicted octanol–water partition coefficient (Wildman–Crippen LogP) is 5.45. The normalized spacial score (nSPS) is 12.7. The van der Waals surface area contributed by atoms with Crippen LogP contribution in [-0.2, 0) is 12.6 Å². The van der Waals surface area contributed by atoms with Gasteiger partial charge < -0.3 is 20.6 Å². The highest BCUT2D eigenvalue weighted by atomic mass is 19.4. The van der Waals surface area contributed by atoms with Crippen molar-refractivity contribution in [3.05, 3.63) is 77.5 Å². The number of rotatable bonds is 7. The zero-order chi connectivity index (χ0) is 27.0. The van der Waals surface area contributed by atoms with E-state index >= 15 is 0 Å². The zero-order valence-corrected chi connectivity index (χ0v) is 20.6. The highest BCUT2D eigenvalue weighted by Gasteiger charge is 2.30. The summed E-state index contributed by atoms with van der Waals surface area (Å²) in [7, 11) is 0. The Bertz CT molecular complexity index is 1610. The molecule has 4 heterocycles. The smallest absolute Gasteiger partial charge is 0.416 e. The van der Waals surface area contributed by atoms with Gasteiger partial charge in [-0.25, -0.2) is 4.98 Å². The number of nitrogens with two attached hydrogens (primary N) is 2. The number of anilines is 1. The lowest BCUT2D eigenvalue weighted by molar-refractivity contribution is -0.137. The minimum atomic E-state index is -4.42. The topological polar surface area (TPSA) is 129 Å². The van der Waals surface area contributed by atoms with Crippen LogP contribution >= 0.6 is 0 Å². The van der Waals surface area contributed by atoms with Gasteiger partial charge in [-0.3, -0.25) is 10.1 Å². The fraction of sp³-hybridized carbons (Fsp3) is 0.222. The number of halogens is 3. The van der Waals surface area contributed by atoms with Gasteiger partial charge in [0, 0.05) is 28.2 Å². The summed E-state index contributed by atoms with van der Waals surface area (Å²) in [6.07, 6.45) is -0.995. The Labute approximate surface area is 215 Å². The van der Waals surface area contributed by atoms with Gasteiger partial charge in [0.1, 0.15) is 17.9 Å². The van der Waals surface area contributed by atoms with E-state index < -0.39 is 17.8 Å². The number of hydrogen-bond acceptors (Lipinski definition) is 7. The van der Waals surface area contributed by atoms with Gasteiger partial charge in [-0.1, -0.05) is 18.2 Å².